The van der Waals surface area contributed by atoms with Crippen LogP contribution < -0.4 is 15.7 Å². The summed E-state index contributed by atoms with van der Waals surface area (Å²) in [7, 11) is 0. The van der Waals surface area contributed by atoms with Gasteiger partial charge in [0.2, 0.25) is 0 Å². The predicted octanol–water partition coefficient (Wildman–Crippen LogP) is 4.29. The third kappa shape index (κ3) is 4.07. The first-order chi connectivity index (χ1) is 12.5. The van der Waals surface area contributed by atoms with Crippen LogP contribution in [0, 0.1) is 10.5 Å². The van der Waals surface area contributed by atoms with Gasteiger partial charge in [0.05, 0.1) is 0 Å². The van der Waals surface area contributed by atoms with E-state index in [1.807, 2.05) is 44.2 Å². The SMILES string of the molecule is CCc1c(C)c2ccc(OCC(=O)Nc3ccc(I)cc3)cc2oc1=O. The molecule has 0 aliphatic rings. The van der Waals surface area contributed by atoms with Gasteiger partial charge in [-0.25, -0.2) is 4.79 Å². The molecule has 0 radical (unpaired) electrons. The van der Waals surface area contributed by atoms with Gasteiger partial charge in [-0.2, -0.15) is 0 Å². The molecule has 0 aliphatic heterocycles. The second-order valence-electron chi connectivity index (χ2n) is 5.85. The van der Waals surface area contributed by atoms with Crippen molar-refractivity contribution in [1.29, 1.82) is 0 Å². The average Bonchev–Trinajstić information content (AvgIpc) is 2.62. The summed E-state index contributed by atoms with van der Waals surface area (Å²) in [6, 6.07) is 12.7. The second kappa shape index (κ2) is 7.90. The topological polar surface area (TPSA) is 68.5 Å². The molecule has 26 heavy (non-hydrogen) atoms. The first-order valence-corrected chi connectivity index (χ1v) is 9.30. The minimum atomic E-state index is -0.328. The van der Waals surface area contributed by atoms with Gasteiger partial charge < -0.3 is 14.5 Å². The highest BCUT2D eigenvalue weighted by Crippen LogP contribution is 2.24. The summed E-state index contributed by atoms with van der Waals surface area (Å²) >= 11 is 2.20. The zero-order valence-electron chi connectivity index (χ0n) is 14.5. The molecule has 1 aromatic heterocycles. The van der Waals surface area contributed by atoms with Gasteiger partial charge in [0.25, 0.3) is 5.91 Å². The number of hydrogen-bond donors (Lipinski definition) is 1. The quantitative estimate of drug-likeness (QED) is 0.453. The van der Waals surface area contributed by atoms with E-state index >= 15 is 0 Å². The minimum Gasteiger partial charge on any atom is -0.484 e. The van der Waals surface area contributed by atoms with Gasteiger partial charge in [0.15, 0.2) is 6.61 Å². The Morgan fingerprint density at radius 2 is 1.92 bits per heavy atom. The smallest absolute Gasteiger partial charge is 0.339 e. The van der Waals surface area contributed by atoms with Gasteiger partial charge in [-0.3, -0.25) is 4.79 Å². The maximum absolute atomic E-state index is 12.0. The van der Waals surface area contributed by atoms with E-state index in [2.05, 4.69) is 27.9 Å². The molecule has 1 amide bonds. The van der Waals surface area contributed by atoms with Crippen LogP contribution >= 0.6 is 22.6 Å². The number of anilines is 1. The highest BCUT2D eigenvalue weighted by Gasteiger charge is 2.11. The van der Waals surface area contributed by atoms with Crippen molar-refractivity contribution in [2.75, 3.05) is 11.9 Å². The number of ether oxygens (including phenoxy) is 1. The van der Waals surface area contributed by atoms with E-state index in [4.69, 9.17) is 9.15 Å². The van der Waals surface area contributed by atoms with Gasteiger partial charge in [0, 0.05) is 26.3 Å². The molecule has 0 aliphatic carbocycles. The first-order valence-electron chi connectivity index (χ1n) is 8.22. The Bertz CT molecular complexity index is 1010. The van der Waals surface area contributed by atoms with Crippen LogP contribution in [0.5, 0.6) is 5.75 Å². The number of nitrogens with one attached hydrogen (secondary N) is 1. The Labute approximate surface area is 164 Å². The summed E-state index contributed by atoms with van der Waals surface area (Å²) in [5.41, 5.74) is 2.45. The predicted molar refractivity (Wildman–Crippen MR) is 110 cm³/mol. The fourth-order valence-corrected chi connectivity index (χ4v) is 3.11. The molecule has 1 heterocycles. The number of hydrogen-bond acceptors (Lipinski definition) is 4. The number of halogens is 1. The number of rotatable bonds is 5. The molecule has 0 atom stereocenters. The largest absolute Gasteiger partial charge is 0.484 e. The summed E-state index contributed by atoms with van der Waals surface area (Å²) in [4.78, 5) is 24.0. The third-order valence-electron chi connectivity index (χ3n) is 4.11. The molecular weight excluding hydrogens is 445 g/mol. The Balaban J connectivity index is 1.72. The first kappa shape index (κ1) is 18.4. The summed E-state index contributed by atoms with van der Waals surface area (Å²) in [5, 5.41) is 3.64. The number of carbonyl (C=O) groups excluding carboxylic acids is 1. The normalized spacial score (nSPS) is 10.7. The van der Waals surface area contributed by atoms with E-state index in [9.17, 15) is 9.59 Å². The van der Waals surface area contributed by atoms with Gasteiger partial charge in [-0.15, -0.1) is 0 Å². The van der Waals surface area contributed by atoms with Crippen LogP contribution in [0.1, 0.15) is 18.1 Å². The molecule has 2 aromatic carbocycles. The van der Waals surface area contributed by atoms with Gasteiger partial charge >= 0.3 is 5.63 Å². The van der Waals surface area contributed by atoms with Crippen molar-refractivity contribution in [2.45, 2.75) is 20.3 Å². The molecule has 0 unspecified atom stereocenters. The highest BCUT2D eigenvalue weighted by molar-refractivity contribution is 14.1. The summed E-state index contributed by atoms with van der Waals surface area (Å²) in [6.07, 6.45) is 0.626. The lowest BCUT2D eigenvalue weighted by Gasteiger charge is -2.10. The van der Waals surface area contributed by atoms with Crippen LogP contribution in [0.3, 0.4) is 0 Å². The van der Waals surface area contributed by atoms with Crippen molar-refractivity contribution in [3.8, 4) is 5.75 Å². The average molecular weight is 463 g/mol. The molecule has 134 valence electrons. The molecule has 0 saturated carbocycles. The van der Waals surface area contributed by atoms with Crippen LogP contribution in [0.25, 0.3) is 11.0 Å². The molecule has 0 saturated heterocycles. The van der Waals surface area contributed by atoms with Crippen molar-refractivity contribution in [3.05, 3.63) is 67.6 Å². The molecule has 0 bridgehead atoms. The van der Waals surface area contributed by atoms with Crippen LogP contribution in [-0.2, 0) is 11.2 Å². The molecule has 3 rings (SSSR count). The lowest BCUT2D eigenvalue weighted by molar-refractivity contribution is -0.118. The maximum Gasteiger partial charge on any atom is 0.339 e. The summed E-state index contributed by atoms with van der Waals surface area (Å²) in [5.74, 6) is 0.215. The van der Waals surface area contributed by atoms with E-state index in [0.29, 0.717) is 29.0 Å². The Morgan fingerprint density at radius 1 is 1.19 bits per heavy atom. The zero-order valence-corrected chi connectivity index (χ0v) is 16.6. The van der Waals surface area contributed by atoms with E-state index < -0.39 is 0 Å². The molecule has 6 heteroatoms. The fourth-order valence-electron chi connectivity index (χ4n) is 2.75. The van der Waals surface area contributed by atoms with Crippen LogP contribution in [-0.4, -0.2) is 12.5 Å². The van der Waals surface area contributed by atoms with Crippen LogP contribution in [0.15, 0.2) is 51.7 Å². The van der Waals surface area contributed by atoms with Gasteiger partial charge in [0.1, 0.15) is 11.3 Å². The van der Waals surface area contributed by atoms with Crippen molar-refractivity contribution in [3.63, 3.8) is 0 Å². The van der Waals surface area contributed by atoms with Gasteiger partial charge in [-0.1, -0.05) is 6.92 Å². The zero-order chi connectivity index (χ0) is 18.7. The summed E-state index contributed by atoms with van der Waals surface area (Å²) < 4.78 is 12.0. The van der Waals surface area contributed by atoms with Crippen molar-refractivity contribution in [2.24, 2.45) is 0 Å². The molecule has 3 aromatic rings. The highest BCUT2D eigenvalue weighted by atomic mass is 127. The number of aryl methyl sites for hydroxylation is 1. The monoisotopic (exact) mass is 463 g/mol. The molecule has 0 spiro atoms. The van der Waals surface area contributed by atoms with Crippen molar-refractivity contribution in [1.82, 2.24) is 0 Å². The Morgan fingerprint density at radius 3 is 2.62 bits per heavy atom. The van der Waals surface area contributed by atoms with E-state index in [1.165, 1.54) is 0 Å². The number of carbonyl (C=O) groups is 1. The fraction of sp³-hybridized carbons (Fsp3) is 0.200. The van der Waals surface area contributed by atoms with Crippen LogP contribution in [0.4, 0.5) is 5.69 Å². The van der Waals surface area contributed by atoms with E-state index in [0.717, 1.165) is 14.5 Å². The molecule has 0 fully saturated rings. The molecule has 1 N–H and O–H groups in total. The third-order valence-corrected chi connectivity index (χ3v) is 4.83. The standard InChI is InChI=1S/C20H18INO4/c1-3-16-12(2)17-9-8-15(10-18(17)26-20(16)24)25-11-19(23)22-14-6-4-13(21)5-7-14/h4-10H,3,11H2,1-2H3,(H,22,23). The number of benzene rings is 2. The second-order valence-corrected chi connectivity index (χ2v) is 7.09. The number of fused-ring (bicyclic) bond motifs is 1. The minimum absolute atomic E-state index is 0.131. The number of amides is 1. The Hall–Kier alpha value is -2.35. The van der Waals surface area contributed by atoms with Crippen molar-refractivity contribution < 1.29 is 13.9 Å². The lowest BCUT2D eigenvalue weighted by atomic mass is 10.0. The molecule has 5 nitrogen and oxygen atoms in total. The lowest BCUT2D eigenvalue weighted by Crippen LogP contribution is -2.20. The van der Waals surface area contributed by atoms with Gasteiger partial charge in [-0.05, 0) is 77.9 Å². The van der Waals surface area contributed by atoms with Crippen molar-refractivity contribution >= 4 is 45.2 Å². The maximum atomic E-state index is 12.0. The van der Waals surface area contributed by atoms with Crippen LogP contribution in [0.2, 0.25) is 0 Å². The molecular formula is C20H18INO4. The van der Waals surface area contributed by atoms with E-state index in [1.54, 1.807) is 12.1 Å². The Kier molecular flexibility index (Phi) is 5.61. The summed E-state index contributed by atoms with van der Waals surface area (Å²) in [6.45, 7) is 3.70. The van der Waals surface area contributed by atoms with E-state index in [-0.39, 0.29) is 18.1 Å².